The molecule has 1 aliphatic carbocycles. The van der Waals surface area contributed by atoms with E-state index >= 15 is 0 Å². The summed E-state index contributed by atoms with van der Waals surface area (Å²) >= 11 is 0. The minimum absolute atomic E-state index is 0.194. The first-order chi connectivity index (χ1) is 12.5. The number of nitrogens with one attached hydrogen (secondary N) is 1. The number of ketones is 2. The molecule has 0 saturated heterocycles. The first kappa shape index (κ1) is 16.0. The molecule has 26 heavy (non-hydrogen) atoms. The lowest BCUT2D eigenvalue weighted by Gasteiger charge is -2.18. The maximum atomic E-state index is 12.7. The summed E-state index contributed by atoms with van der Waals surface area (Å²) in [5.74, 6) is -0.753. The number of benzene rings is 3. The van der Waals surface area contributed by atoms with Gasteiger partial charge in [0.1, 0.15) is 0 Å². The number of carbonyl (C=O) groups excluding carboxylic acids is 3. The van der Waals surface area contributed by atoms with E-state index in [0.717, 1.165) is 5.56 Å². The third kappa shape index (κ3) is 2.62. The van der Waals surface area contributed by atoms with Crippen LogP contribution in [-0.2, 0) is 0 Å². The van der Waals surface area contributed by atoms with E-state index in [1.54, 1.807) is 36.4 Å². The highest BCUT2D eigenvalue weighted by Crippen LogP contribution is 2.28. The van der Waals surface area contributed by atoms with Gasteiger partial charge in [0.05, 0.1) is 0 Å². The highest BCUT2D eigenvalue weighted by molar-refractivity contribution is 6.28. The van der Waals surface area contributed by atoms with E-state index in [1.807, 2.05) is 31.2 Å². The molecule has 0 heterocycles. The van der Waals surface area contributed by atoms with Crippen molar-refractivity contribution in [1.82, 2.24) is 0 Å². The zero-order valence-corrected chi connectivity index (χ0v) is 14.1. The van der Waals surface area contributed by atoms with Crippen LogP contribution in [0.3, 0.4) is 0 Å². The van der Waals surface area contributed by atoms with Crippen LogP contribution in [-0.4, -0.2) is 17.5 Å². The van der Waals surface area contributed by atoms with E-state index in [4.69, 9.17) is 0 Å². The summed E-state index contributed by atoms with van der Waals surface area (Å²) in [6, 6.07) is 18.8. The third-order valence-electron chi connectivity index (χ3n) is 4.50. The van der Waals surface area contributed by atoms with Gasteiger partial charge in [-0.2, -0.15) is 0 Å². The maximum absolute atomic E-state index is 12.7. The van der Waals surface area contributed by atoms with Gasteiger partial charge in [0.25, 0.3) is 5.91 Å². The molecule has 0 aliphatic heterocycles. The number of carbonyl (C=O) groups is 3. The second-order valence-corrected chi connectivity index (χ2v) is 6.28. The quantitative estimate of drug-likeness (QED) is 0.599. The number of amides is 1. The van der Waals surface area contributed by atoms with Crippen LogP contribution in [0.4, 0.5) is 5.69 Å². The van der Waals surface area contributed by atoms with Gasteiger partial charge >= 0.3 is 0 Å². The average Bonchev–Trinajstić information content (AvgIpc) is 2.67. The fraction of sp³-hybridized carbons (Fsp3) is 0.0455. The minimum atomic E-state index is -0.323. The Bertz CT molecular complexity index is 1070. The molecule has 0 atom stereocenters. The monoisotopic (exact) mass is 341 g/mol. The normalized spacial score (nSPS) is 12.3. The summed E-state index contributed by atoms with van der Waals surface area (Å²) in [7, 11) is 0. The Morgan fingerprint density at radius 1 is 0.731 bits per heavy atom. The molecule has 0 spiro atoms. The number of fused-ring (bicyclic) bond motifs is 2. The van der Waals surface area contributed by atoms with Gasteiger partial charge < -0.3 is 5.32 Å². The lowest BCUT2D eigenvalue weighted by Crippen LogP contribution is -2.22. The van der Waals surface area contributed by atoms with Crippen molar-refractivity contribution >= 4 is 23.2 Å². The summed E-state index contributed by atoms with van der Waals surface area (Å²) in [5, 5.41) is 2.80. The van der Waals surface area contributed by atoms with Crippen LogP contribution in [0.25, 0.3) is 0 Å². The fourth-order valence-electron chi connectivity index (χ4n) is 3.08. The lowest BCUT2D eigenvalue weighted by molar-refractivity contribution is 0.0978. The van der Waals surface area contributed by atoms with Crippen LogP contribution in [0.5, 0.6) is 0 Å². The van der Waals surface area contributed by atoms with Gasteiger partial charge in [-0.25, -0.2) is 0 Å². The van der Waals surface area contributed by atoms with Gasteiger partial charge in [0, 0.05) is 33.5 Å². The molecule has 3 aromatic carbocycles. The molecule has 0 unspecified atom stereocenters. The third-order valence-corrected chi connectivity index (χ3v) is 4.50. The molecule has 0 fully saturated rings. The Kier molecular flexibility index (Phi) is 3.73. The molecule has 1 aliphatic rings. The molecule has 3 aromatic rings. The van der Waals surface area contributed by atoms with Gasteiger partial charge in [-0.1, -0.05) is 42.0 Å². The van der Waals surface area contributed by atoms with Gasteiger partial charge in [0.2, 0.25) is 0 Å². The Hall–Kier alpha value is -3.53. The van der Waals surface area contributed by atoms with Crippen molar-refractivity contribution < 1.29 is 14.4 Å². The minimum Gasteiger partial charge on any atom is -0.322 e. The van der Waals surface area contributed by atoms with E-state index in [-0.39, 0.29) is 23.0 Å². The van der Waals surface area contributed by atoms with Crippen LogP contribution in [0, 0.1) is 6.92 Å². The van der Waals surface area contributed by atoms with Crippen molar-refractivity contribution in [1.29, 1.82) is 0 Å². The average molecular weight is 341 g/mol. The highest BCUT2D eigenvalue weighted by atomic mass is 16.2. The fourth-order valence-corrected chi connectivity index (χ4v) is 3.08. The van der Waals surface area contributed by atoms with E-state index in [9.17, 15) is 14.4 Å². The number of hydrogen-bond donors (Lipinski definition) is 1. The Morgan fingerprint density at radius 3 is 1.96 bits per heavy atom. The van der Waals surface area contributed by atoms with Crippen molar-refractivity contribution in [2.75, 3.05) is 5.32 Å². The highest BCUT2D eigenvalue weighted by Gasteiger charge is 2.29. The van der Waals surface area contributed by atoms with E-state index in [1.165, 1.54) is 6.07 Å². The zero-order valence-electron chi connectivity index (χ0n) is 14.1. The summed E-state index contributed by atoms with van der Waals surface area (Å²) in [6.07, 6.45) is 0. The van der Waals surface area contributed by atoms with Crippen molar-refractivity contribution in [3.8, 4) is 0 Å². The molecule has 0 aromatic heterocycles. The summed E-state index contributed by atoms with van der Waals surface area (Å²) in [6.45, 7) is 1.97. The van der Waals surface area contributed by atoms with Crippen LogP contribution in [0.1, 0.15) is 47.8 Å². The molecular weight excluding hydrogens is 326 g/mol. The number of rotatable bonds is 2. The smallest absolute Gasteiger partial charge is 0.255 e. The Balaban J connectivity index is 1.69. The first-order valence-corrected chi connectivity index (χ1v) is 8.25. The Morgan fingerprint density at radius 2 is 1.31 bits per heavy atom. The largest absolute Gasteiger partial charge is 0.322 e. The summed E-state index contributed by atoms with van der Waals surface area (Å²) < 4.78 is 0. The molecule has 1 N–H and O–H groups in total. The van der Waals surface area contributed by atoms with E-state index in [0.29, 0.717) is 27.9 Å². The standard InChI is InChI=1S/C22H15NO3/c1-13-6-9-15(10-7-13)23-22(26)14-8-11-18-19(12-14)21(25)17-5-3-2-4-16(17)20(18)24/h2-12H,1H3,(H,23,26). The van der Waals surface area contributed by atoms with Crippen molar-refractivity contribution in [3.05, 3.63) is 100 Å². The molecular formula is C22H15NO3. The number of aryl methyl sites for hydroxylation is 1. The summed E-state index contributed by atoms with van der Waals surface area (Å²) in [4.78, 5) is 37.9. The molecule has 0 radical (unpaired) electrons. The van der Waals surface area contributed by atoms with Crippen LogP contribution in [0.2, 0.25) is 0 Å². The van der Waals surface area contributed by atoms with Crippen molar-refractivity contribution in [3.63, 3.8) is 0 Å². The van der Waals surface area contributed by atoms with Crippen LogP contribution < -0.4 is 5.32 Å². The molecule has 4 heteroatoms. The zero-order chi connectivity index (χ0) is 18.3. The molecule has 0 saturated carbocycles. The second kappa shape index (κ2) is 6.08. The molecule has 4 nitrogen and oxygen atoms in total. The van der Waals surface area contributed by atoms with Gasteiger partial charge in [-0.15, -0.1) is 0 Å². The predicted octanol–water partition coefficient (Wildman–Crippen LogP) is 4.02. The SMILES string of the molecule is Cc1ccc(NC(=O)c2ccc3c(c2)C(=O)c2ccccc2C3=O)cc1. The molecule has 1 amide bonds. The number of anilines is 1. The van der Waals surface area contributed by atoms with Gasteiger partial charge in [-0.3, -0.25) is 14.4 Å². The van der Waals surface area contributed by atoms with Crippen LogP contribution in [0.15, 0.2) is 66.7 Å². The lowest BCUT2D eigenvalue weighted by atomic mass is 9.83. The predicted molar refractivity (Wildman–Crippen MR) is 98.9 cm³/mol. The Labute approximate surface area is 150 Å². The maximum Gasteiger partial charge on any atom is 0.255 e. The molecule has 0 bridgehead atoms. The van der Waals surface area contributed by atoms with E-state index in [2.05, 4.69) is 5.32 Å². The second-order valence-electron chi connectivity index (χ2n) is 6.28. The van der Waals surface area contributed by atoms with Gasteiger partial charge in [0.15, 0.2) is 11.6 Å². The van der Waals surface area contributed by atoms with Crippen molar-refractivity contribution in [2.45, 2.75) is 6.92 Å². The first-order valence-electron chi connectivity index (χ1n) is 8.25. The molecule has 4 rings (SSSR count). The number of hydrogen-bond acceptors (Lipinski definition) is 3. The topological polar surface area (TPSA) is 63.2 Å². The summed E-state index contributed by atoms with van der Waals surface area (Å²) in [5.41, 5.74) is 3.49. The van der Waals surface area contributed by atoms with E-state index < -0.39 is 0 Å². The molecule has 126 valence electrons. The van der Waals surface area contributed by atoms with Crippen molar-refractivity contribution in [2.24, 2.45) is 0 Å². The van der Waals surface area contributed by atoms with Gasteiger partial charge in [-0.05, 0) is 37.3 Å². The van der Waals surface area contributed by atoms with Crippen LogP contribution >= 0.6 is 0 Å².